The third-order valence-corrected chi connectivity index (χ3v) is 3.84. The van der Waals surface area contributed by atoms with Crippen molar-refractivity contribution in [3.63, 3.8) is 0 Å². The Bertz CT molecular complexity index is 404. The van der Waals surface area contributed by atoms with Crippen molar-refractivity contribution in [2.75, 3.05) is 32.8 Å². The fourth-order valence-electron chi connectivity index (χ4n) is 2.65. The molecule has 0 radical (unpaired) electrons. The van der Waals surface area contributed by atoms with Crippen molar-refractivity contribution in [3.8, 4) is 0 Å². The molecule has 1 aromatic heterocycles. The van der Waals surface area contributed by atoms with Gasteiger partial charge in [-0.15, -0.1) is 0 Å². The predicted octanol–water partition coefficient (Wildman–Crippen LogP) is 1.10. The predicted molar refractivity (Wildman–Crippen MR) is 76.2 cm³/mol. The van der Waals surface area contributed by atoms with Crippen LogP contribution in [0.3, 0.4) is 0 Å². The molecule has 0 aromatic carbocycles. The van der Waals surface area contributed by atoms with E-state index >= 15 is 0 Å². The molecular formula is C14H26N4O. The molecule has 1 aliphatic rings. The molecular weight excluding hydrogens is 240 g/mol. The fraction of sp³-hybridized carbons (Fsp3) is 0.786. The second-order valence-corrected chi connectivity index (χ2v) is 5.36. The first-order valence-electron chi connectivity index (χ1n) is 7.17. The lowest BCUT2D eigenvalue weighted by molar-refractivity contribution is -0.0262. The highest BCUT2D eigenvalue weighted by Crippen LogP contribution is 2.15. The molecule has 2 rings (SSSR count). The van der Waals surface area contributed by atoms with Gasteiger partial charge in [-0.3, -0.25) is 9.58 Å². The van der Waals surface area contributed by atoms with E-state index < -0.39 is 0 Å². The smallest absolute Gasteiger partial charge is 0.0826 e. The van der Waals surface area contributed by atoms with E-state index in [1.54, 1.807) is 0 Å². The zero-order valence-corrected chi connectivity index (χ0v) is 12.5. The lowest BCUT2D eigenvalue weighted by atomic mass is 10.1. The van der Waals surface area contributed by atoms with Gasteiger partial charge in [0.25, 0.3) is 0 Å². The summed E-state index contributed by atoms with van der Waals surface area (Å²) in [6, 6.07) is 0.314. The Morgan fingerprint density at radius 3 is 3.00 bits per heavy atom. The number of nitrogens with one attached hydrogen (secondary N) is 1. The molecule has 19 heavy (non-hydrogen) atoms. The third-order valence-electron chi connectivity index (χ3n) is 3.84. The van der Waals surface area contributed by atoms with Crippen LogP contribution in [0.1, 0.15) is 31.1 Å². The van der Waals surface area contributed by atoms with Crippen molar-refractivity contribution >= 4 is 0 Å². The highest BCUT2D eigenvalue weighted by molar-refractivity contribution is 5.19. The van der Waals surface area contributed by atoms with Crippen LogP contribution >= 0.6 is 0 Å². The van der Waals surface area contributed by atoms with Crippen LogP contribution < -0.4 is 5.32 Å². The maximum absolute atomic E-state index is 5.81. The molecule has 0 amide bonds. The minimum absolute atomic E-state index is 0.299. The largest absolute Gasteiger partial charge is 0.374 e. The van der Waals surface area contributed by atoms with Gasteiger partial charge < -0.3 is 10.1 Å². The monoisotopic (exact) mass is 266 g/mol. The van der Waals surface area contributed by atoms with Crippen LogP contribution in [0.5, 0.6) is 0 Å². The molecule has 2 unspecified atom stereocenters. The van der Waals surface area contributed by atoms with Crippen molar-refractivity contribution in [2.24, 2.45) is 7.05 Å². The quantitative estimate of drug-likeness (QED) is 0.866. The Morgan fingerprint density at radius 2 is 2.37 bits per heavy atom. The number of nitrogens with zero attached hydrogens (tertiary/aromatic N) is 3. The van der Waals surface area contributed by atoms with Crippen LogP contribution in [0.15, 0.2) is 6.20 Å². The Morgan fingerprint density at radius 1 is 1.58 bits per heavy atom. The third kappa shape index (κ3) is 3.78. The zero-order valence-electron chi connectivity index (χ0n) is 12.5. The molecule has 2 atom stereocenters. The average molecular weight is 266 g/mol. The van der Waals surface area contributed by atoms with Crippen LogP contribution in [0.25, 0.3) is 0 Å². The summed E-state index contributed by atoms with van der Waals surface area (Å²) >= 11 is 0. The minimum Gasteiger partial charge on any atom is -0.374 e. The van der Waals surface area contributed by atoms with Crippen molar-refractivity contribution < 1.29 is 4.74 Å². The molecule has 1 N–H and O–H groups in total. The van der Waals surface area contributed by atoms with Gasteiger partial charge in [0.2, 0.25) is 0 Å². The summed E-state index contributed by atoms with van der Waals surface area (Å²) in [4.78, 5) is 2.44. The summed E-state index contributed by atoms with van der Waals surface area (Å²) in [6.45, 7) is 11.4. The summed E-state index contributed by atoms with van der Waals surface area (Å²) < 4.78 is 7.68. The van der Waals surface area contributed by atoms with E-state index in [0.717, 1.165) is 38.5 Å². The van der Waals surface area contributed by atoms with Crippen LogP contribution in [0.4, 0.5) is 0 Å². The van der Waals surface area contributed by atoms with Crippen molar-refractivity contribution in [1.29, 1.82) is 0 Å². The van der Waals surface area contributed by atoms with Crippen LogP contribution in [-0.2, 0) is 11.8 Å². The number of morpholine rings is 1. The molecule has 1 aromatic rings. The molecule has 2 heterocycles. The van der Waals surface area contributed by atoms with E-state index in [1.807, 2.05) is 11.7 Å². The molecule has 1 aliphatic heterocycles. The SMILES string of the molecule is CCN1CCOC(CNC(C)c2cn(C)nc2C)C1. The van der Waals surface area contributed by atoms with Crippen molar-refractivity contribution in [2.45, 2.75) is 32.9 Å². The maximum Gasteiger partial charge on any atom is 0.0826 e. The summed E-state index contributed by atoms with van der Waals surface area (Å²) in [7, 11) is 1.96. The number of aryl methyl sites for hydroxylation is 2. The molecule has 108 valence electrons. The second kappa shape index (κ2) is 6.50. The van der Waals surface area contributed by atoms with Crippen molar-refractivity contribution in [3.05, 3.63) is 17.5 Å². The average Bonchev–Trinajstić information content (AvgIpc) is 2.75. The van der Waals surface area contributed by atoms with E-state index in [9.17, 15) is 0 Å². The normalized spacial score (nSPS) is 22.6. The van der Waals surface area contributed by atoms with Crippen LogP contribution in [0.2, 0.25) is 0 Å². The Balaban J connectivity index is 1.83. The molecule has 0 bridgehead atoms. The van der Waals surface area contributed by atoms with Gasteiger partial charge in [0.1, 0.15) is 0 Å². The maximum atomic E-state index is 5.81. The lowest BCUT2D eigenvalue weighted by Gasteiger charge is -2.32. The van der Waals surface area contributed by atoms with Gasteiger partial charge in [0.15, 0.2) is 0 Å². The molecule has 1 fully saturated rings. The molecule has 0 spiro atoms. The standard InChI is InChI=1S/C14H26N4O/c1-5-18-6-7-19-13(9-18)8-15-11(2)14-10-17(4)16-12(14)3/h10-11,13,15H,5-9H2,1-4H3. The Labute approximate surface area is 115 Å². The van der Waals surface area contributed by atoms with Gasteiger partial charge in [-0.1, -0.05) is 6.92 Å². The number of likely N-dealkylation sites (N-methyl/N-ethyl adjacent to an activating group) is 1. The molecule has 1 saturated heterocycles. The summed E-state index contributed by atoms with van der Waals surface area (Å²) in [5, 5.41) is 7.95. The number of hydrogen-bond acceptors (Lipinski definition) is 4. The van der Waals surface area contributed by atoms with Gasteiger partial charge in [0, 0.05) is 44.5 Å². The Kier molecular flexibility index (Phi) is 4.96. The highest BCUT2D eigenvalue weighted by Gasteiger charge is 2.20. The number of aromatic nitrogens is 2. The lowest BCUT2D eigenvalue weighted by Crippen LogP contribution is -2.46. The highest BCUT2D eigenvalue weighted by atomic mass is 16.5. The minimum atomic E-state index is 0.299. The second-order valence-electron chi connectivity index (χ2n) is 5.36. The zero-order chi connectivity index (χ0) is 13.8. The van der Waals surface area contributed by atoms with Crippen LogP contribution in [-0.4, -0.2) is 53.6 Å². The van der Waals surface area contributed by atoms with Crippen LogP contribution in [0, 0.1) is 6.92 Å². The number of hydrogen-bond donors (Lipinski definition) is 1. The van der Waals surface area contributed by atoms with Gasteiger partial charge in [-0.05, 0) is 20.4 Å². The van der Waals surface area contributed by atoms with Gasteiger partial charge in [0.05, 0.1) is 18.4 Å². The first kappa shape index (κ1) is 14.5. The van der Waals surface area contributed by atoms with Gasteiger partial charge in [-0.25, -0.2) is 0 Å². The molecule has 5 heteroatoms. The topological polar surface area (TPSA) is 42.3 Å². The van der Waals surface area contributed by atoms with Crippen molar-refractivity contribution in [1.82, 2.24) is 20.0 Å². The molecule has 0 aliphatic carbocycles. The number of ether oxygens (including phenoxy) is 1. The fourth-order valence-corrected chi connectivity index (χ4v) is 2.65. The van der Waals surface area contributed by atoms with E-state index in [1.165, 1.54) is 5.56 Å². The van der Waals surface area contributed by atoms with Gasteiger partial charge in [-0.2, -0.15) is 5.10 Å². The first-order valence-corrected chi connectivity index (χ1v) is 7.17. The molecule has 5 nitrogen and oxygen atoms in total. The summed E-state index contributed by atoms with van der Waals surface area (Å²) in [5.41, 5.74) is 2.37. The van der Waals surface area contributed by atoms with E-state index in [0.29, 0.717) is 12.1 Å². The van der Waals surface area contributed by atoms with E-state index in [2.05, 4.69) is 42.3 Å². The summed E-state index contributed by atoms with van der Waals surface area (Å²) in [6.07, 6.45) is 2.39. The van der Waals surface area contributed by atoms with Gasteiger partial charge >= 0.3 is 0 Å². The first-order chi connectivity index (χ1) is 9.10. The summed E-state index contributed by atoms with van der Waals surface area (Å²) in [5.74, 6) is 0. The Hall–Kier alpha value is -0.910. The van der Waals surface area contributed by atoms with E-state index in [4.69, 9.17) is 4.74 Å². The van der Waals surface area contributed by atoms with E-state index in [-0.39, 0.29) is 0 Å². The molecule has 0 saturated carbocycles. The number of rotatable bonds is 5.